The molecule has 200 valence electrons. The number of pyridine rings is 1. The summed E-state index contributed by atoms with van der Waals surface area (Å²) in [6, 6.07) is 19.8. The monoisotopic (exact) mass is 548 g/mol. The van der Waals surface area contributed by atoms with Gasteiger partial charge in [0.25, 0.3) is 0 Å². The number of para-hydroxylation sites is 1. The van der Waals surface area contributed by atoms with E-state index < -0.39 is 28.0 Å². The highest BCUT2D eigenvalue weighted by molar-refractivity contribution is 7.89. The lowest BCUT2D eigenvalue weighted by Gasteiger charge is -2.15. The number of carbonyl (C=O) groups excluding carboxylic acids is 2. The van der Waals surface area contributed by atoms with Crippen LogP contribution in [0.25, 0.3) is 22.0 Å². The average molecular weight is 549 g/mol. The van der Waals surface area contributed by atoms with Gasteiger partial charge >= 0.3 is 6.09 Å². The minimum absolute atomic E-state index is 0.0456. The molecule has 0 bridgehead atoms. The number of hydrogen-bond donors (Lipinski definition) is 2. The van der Waals surface area contributed by atoms with Gasteiger partial charge in [0.2, 0.25) is 15.9 Å². The average Bonchev–Trinajstić information content (AvgIpc) is 3.31. The van der Waals surface area contributed by atoms with Gasteiger partial charge in [-0.2, -0.15) is 0 Å². The van der Waals surface area contributed by atoms with Crippen molar-refractivity contribution in [2.45, 2.75) is 24.5 Å². The van der Waals surface area contributed by atoms with Crippen molar-refractivity contribution in [3.05, 3.63) is 90.4 Å². The third-order valence-electron chi connectivity index (χ3n) is 6.33. The van der Waals surface area contributed by atoms with Crippen LogP contribution in [0.5, 0.6) is 0 Å². The summed E-state index contributed by atoms with van der Waals surface area (Å²) in [5.41, 5.74) is 2.36. The maximum Gasteiger partial charge on any atom is 0.414 e. The van der Waals surface area contributed by atoms with Crippen LogP contribution in [0.3, 0.4) is 0 Å². The summed E-state index contributed by atoms with van der Waals surface area (Å²) in [7, 11) is -3.82. The van der Waals surface area contributed by atoms with E-state index in [0.717, 1.165) is 5.39 Å². The Morgan fingerprint density at radius 2 is 1.87 bits per heavy atom. The predicted octanol–water partition coefficient (Wildman–Crippen LogP) is 3.98. The van der Waals surface area contributed by atoms with Crippen LogP contribution >= 0.6 is 0 Å². The Kier molecular flexibility index (Phi) is 7.27. The van der Waals surface area contributed by atoms with E-state index in [9.17, 15) is 18.0 Å². The molecule has 2 amide bonds. The van der Waals surface area contributed by atoms with Crippen LogP contribution in [0.2, 0.25) is 0 Å². The fourth-order valence-corrected chi connectivity index (χ4v) is 5.55. The number of ether oxygens (including phenoxy) is 1. The van der Waals surface area contributed by atoms with Crippen molar-refractivity contribution in [3.8, 4) is 11.1 Å². The fraction of sp³-hybridized carbons (Fsp3) is 0.179. The fourth-order valence-electron chi connectivity index (χ4n) is 4.35. The molecule has 4 aromatic rings. The van der Waals surface area contributed by atoms with E-state index in [1.54, 1.807) is 66.9 Å². The van der Waals surface area contributed by atoms with Crippen molar-refractivity contribution in [3.63, 3.8) is 0 Å². The molecule has 39 heavy (non-hydrogen) atoms. The van der Waals surface area contributed by atoms with E-state index in [1.807, 2.05) is 0 Å². The van der Waals surface area contributed by atoms with E-state index in [1.165, 1.54) is 24.0 Å². The summed E-state index contributed by atoms with van der Waals surface area (Å²) in [6.45, 7) is 1.79. The number of rotatable bonds is 8. The second-order valence-corrected chi connectivity index (χ2v) is 10.8. The Morgan fingerprint density at radius 3 is 2.62 bits per heavy atom. The number of fused-ring (bicyclic) bond motifs is 1. The predicted molar refractivity (Wildman–Crippen MR) is 144 cm³/mol. The SMILES string of the molecule is CC(=O)NC[C@H]1CN(c2ccc(-c3ccc(CNS(=O)(=O)c4cccc5cccnc45)cc3)c(F)c2)C(=O)O1. The zero-order valence-electron chi connectivity index (χ0n) is 20.9. The van der Waals surface area contributed by atoms with Crippen molar-refractivity contribution < 1.29 is 27.1 Å². The molecule has 2 N–H and O–H groups in total. The summed E-state index contributed by atoms with van der Waals surface area (Å²) in [5.74, 6) is -0.757. The highest BCUT2D eigenvalue weighted by Gasteiger charge is 2.32. The topological polar surface area (TPSA) is 118 Å². The van der Waals surface area contributed by atoms with Crippen molar-refractivity contribution in [1.29, 1.82) is 0 Å². The zero-order valence-corrected chi connectivity index (χ0v) is 21.7. The van der Waals surface area contributed by atoms with Gasteiger partial charge in [-0.25, -0.2) is 22.3 Å². The van der Waals surface area contributed by atoms with Gasteiger partial charge in [0.15, 0.2) is 0 Å². The lowest BCUT2D eigenvalue weighted by molar-refractivity contribution is -0.119. The molecule has 1 saturated heterocycles. The summed E-state index contributed by atoms with van der Waals surface area (Å²) in [6.07, 6.45) is 0.419. The number of benzene rings is 3. The summed E-state index contributed by atoms with van der Waals surface area (Å²) in [5, 5.41) is 3.33. The summed E-state index contributed by atoms with van der Waals surface area (Å²) < 4.78 is 48.8. The smallest absolute Gasteiger partial charge is 0.414 e. The molecule has 0 saturated carbocycles. The second kappa shape index (κ2) is 10.8. The molecule has 2 heterocycles. The van der Waals surface area contributed by atoms with Crippen LogP contribution in [0.15, 0.2) is 83.9 Å². The van der Waals surface area contributed by atoms with Gasteiger partial charge in [-0.05, 0) is 41.5 Å². The Hall–Kier alpha value is -4.35. The van der Waals surface area contributed by atoms with Crippen LogP contribution in [0.1, 0.15) is 12.5 Å². The normalized spacial score (nSPS) is 15.4. The van der Waals surface area contributed by atoms with Crippen LogP contribution in [-0.2, 0) is 26.1 Å². The van der Waals surface area contributed by atoms with Gasteiger partial charge in [0.1, 0.15) is 16.8 Å². The molecular formula is C28H25FN4O5S. The third kappa shape index (κ3) is 5.74. The third-order valence-corrected chi connectivity index (χ3v) is 7.77. The first-order valence-electron chi connectivity index (χ1n) is 12.2. The largest absolute Gasteiger partial charge is 0.442 e. The number of carbonyl (C=O) groups is 2. The zero-order chi connectivity index (χ0) is 27.6. The maximum absolute atomic E-state index is 15.1. The van der Waals surface area contributed by atoms with Crippen LogP contribution in [0, 0.1) is 5.82 Å². The molecule has 1 fully saturated rings. The number of halogens is 1. The van der Waals surface area contributed by atoms with E-state index in [0.29, 0.717) is 27.9 Å². The van der Waals surface area contributed by atoms with Gasteiger partial charge in [-0.15, -0.1) is 0 Å². The number of hydrogen-bond acceptors (Lipinski definition) is 6. The standard InChI is InChI=1S/C28H25FN4O5S/c1-18(34)31-16-23-17-33(28(35)38-23)22-11-12-24(25(29)14-22)20-9-7-19(8-10-20)15-32-39(36,37)26-6-2-4-21-5-3-13-30-27(21)26/h2-14,23,32H,15-17H2,1H3,(H,31,34)/t23-/m0/s1. The first-order valence-corrected chi connectivity index (χ1v) is 13.6. The van der Waals surface area contributed by atoms with Crippen molar-refractivity contribution >= 4 is 38.6 Å². The molecular weight excluding hydrogens is 523 g/mol. The Labute approximate surface area is 224 Å². The summed E-state index contributed by atoms with van der Waals surface area (Å²) in [4.78, 5) is 29.0. The van der Waals surface area contributed by atoms with E-state index in [-0.39, 0.29) is 30.4 Å². The number of cyclic esters (lactones) is 1. The number of nitrogens with one attached hydrogen (secondary N) is 2. The van der Waals surface area contributed by atoms with Gasteiger partial charge in [0.05, 0.1) is 24.3 Å². The molecule has 5 rings (SSSR count). The Morgan fingerprint density at radius 1 is 1.10 bits per heavy atom. The van der Waals surface area contributed by atoms with Crippen molar-refractivity contribution in [2.24, 2.45) is 0 Å². The van der Waals surface area contributed by atoms with Crippen LogP contribution in [-0.4, -0.2) is 44.6 Å². The molecule has 0 spiro atoms. The molecule has 0 radical (unpaired) electrons. The first-order chi connectivity index (χ1) is 18.7. The number of aromatic nitrogens is 1. The highest BCUT2D eigenvalue weighted by Crippen LogP contribution is 2.29. The van der Waals surface area contributed by atoms with Crippen LogP contribution in [0.4, 0.5) is 14.9 Å². The minimum atomic E-state index is -3.82. The molecule has 3 aromatic carbocycles. The van der Waals surface area contributed by atoms with Gasteiger partial charge in [-0.3, -0.25) is 14.7 Å². The minimum Gasteiger partial charge on any atom is -0.442 e. The van der Waals surface area contributed by atoms with Crippen molar-refractivity contribution in [2.75, 3.05) is 18.0 Å². The lowest BCUT2D eigenvalue weighted by atomic mass is 10.0. The molecule has 1 atom stereocenters. The molecule has 0 aliphatic carbocycles. The quantitative estimate of drug-likeness (QED) is 0.344. The maximum atomic E-state index is 15.1. The van der Waals surface area contributed by atoms with Crippen molar-refractivity contribution in [1.82, 2.24) is 15.0 Å². The van der Waals surface area contributed by atoms with E-state index in [2.05, 4.69) is 15.0 Å². The summed E-state index contributed by atoms with van der Waals surface area (Å²) >= 11 is 0. The van der Waals surface area contributed by atoms with Crippen LogP contribution < -0.4 is 14.9 Å². The second-order valence-electron chi connectivity index (χ2n) is 9.07. The molecule has 1 aliphatic heterocycles. The highest BCUT2D eigenvalue weighted by atomic mass is 32.2. The Bertz CT molecular complexity index is 1660. The van der Waals surface area contributed by atoms with Gasteiger partial charge in [-0.1, -0.05) is 42.5 Å². The molecule has 1 aromatic heterocycles. The number of sulfonamides is 1. The number of nitrogens with zero attached hydrogens (tertiary/aromatic N) is 2. The number of anilines is 1. The Balaban J connectivity index is 1.26. The van der Waals surface area contributed by atoms with Gasteiger partial charge < -0.3 is 10.1 Å². The number of amides is 2. The molecule has 11 heteroatoms. The van der Waals surface area contributed by atoms with E-state index in [4.69, 9.17) is 4.74 Å². The first kappa shape index (κ1) is 26.3. The van der Waals surface area contributed by atoms with Gasteiger partial charge in [0, 0.05) is 30.6 Å². The molecule has 1 aliphatic rings. The molecule has 9 nitrogen and oxygen atoms in total. The molecule has 0 unspecified atom stereocenters. The van der Waals surface area contributed by atoms with E-state index >= 15 is 4.39 Å². The lowest BCUT2D eigenvalue weighted by Crippen LogP contribution is -2.33.